The van der Waals surface area contributed by atoms with Crippen LogP contribution in [0.25, 0.3) is 0 Å². The second kappa shape index (κ2) is 10.2. The highest BCUT2D eigenvalue weighted by molar-refractivity contribution is 6.30. The van der Waals surface area contributed by atoms with Crippen LogP contribution in [0.15, 0.2) is 24.3 Å². The van der Waals surface area contributed by atoms with E-state index in [0.29, 0.717) is 50.5 Å². The standard InChI is InChI=1S/C26H38ClN3O4/c1-6-21(31)29-13-11-18(15-29)23(32)28-22(17(2)3)24(33)30-14-12-26(34,25(4,5)16-30)19-7-9-20(27)10-8-19/h7-10,17-18,22,34H,6,11-16H2,1-5H3,(H,28,32)/t18-,22-,26+/m1/s1. The number of piperidine rings is 1. The van der Waals surface area contributed by atoms with Crippen LogP contribution in [-0.4, -0.2) is 64.8 Å². The summed E-state index contributed by atoms with van der Waals surface area (Å²) in [5, 5.41) is 15.2. The number of hydrogen-bond acceptors (Lipinski definition) is 4. The number of benzene rings is 1. The Labute approximate surface area is 207 Å². The first kappa shape index (κ1) is 26.5. The van der Waals surface area contributed by atoms with Gasteiger partial charge < -0.3 is 20.2 Å². The summed E-state index contributed by atoms with van der Waals surface area (Å²) < 4.78 is 0. The van der Waals surface area contributed by atoms with Gasteiger partial charge in [0.05, 0.1) is 11.5 Å². The first-order valence-corrected chi connectivity index (χ1v) is 12.6. The molecule has 1 aromatic carbocycles. The summed E-state index contributed by atoms with van der Waals surface area (Å²) in [6.45, 7) is 11.3. The summed E-state index contributed by atoms with van der Waals surface area (Å²) >= 11 is 6.03. The molecule has 0 aliphatic carbocycles. The Hall–Kier alpha value is -2.12. The van der Waals surface area contributed by atoms with Crippen molar-refractivity contribution in [1.82, 2.24) is 15.1 Å². The van der Waals surface area contributed by atoms with E-state index in [2.05, 4.69) is 5.32 Å². The van der Waals surface area contributed by atoms with Crippen molar-refractivity contribution >= 4 is 29.3 Å². The molecule has 2 aliphatic rings. The fourth-order valence-electron chi connectivity index (χ4n) is 5.18. The minimum Gasteiger partial charge on any atom is -0.384 e. The molecule has 3 atom stereocenters. The van der Waals surface area contributed by atoms with Gasteiger partial charge in [0.25, 0.3) is 0 Å². The number of halogens is 1. The van der Waals surface area contributed by atoms with E-state index in [-0.39, 0.29) is 29.6 Å². The molecule has 0 unspecified atom stereocenters. The van der Waals surface area contributed by atoms with Crippen molar-refractivity contribution in [3.05, 3.63) is 34.9 Å². The molecular weight excluding hydrogens is 454 g/mol. The predicted molar refractivity (Wildman–Crippen MR) is 132 cm³/mol. The maximum Gasteiger partial charge on any atom is 0.245 e. The van der Waals surface area contributed by atoms with Crippen molar-refractivity contribution in [2.24, 2.45) is 17.3 Å². The number of nitrogens with zero attached hydrogens (tertiary/aromatic N) is 2. The minimum absolute atomic E-state index is 0.0514. The molecule has 0 saturated carbocycles. The molecule has 0 radical (unpaired) electrons. The lowest BCUT2D eigenvalue weighted by Crippen LogP contribution is -2.60. The molecule has 1 aromatic rings. The number of nitrogens with one attached hydrogen (secondary N) is 1. The minimum atomic E-state index is -1.09. The molecule has 3 rings (SSSR count). The van der Waals surface area contributed by atoms with Crippen LogP contribution in [-0.2, 0) is 20.0 Å². The predicted octanol–water partition coefficient (Wildman–Crippen LogP) is 3.19. The molecule has 188 valence electrons. The average Bonchev–Trinajstić information content (AvgIpc) is 3.29. The van der Waals surface area contributed by atoms with Crippen molar-refractivity contribution in [1.29, 1.82) is 0 Å². The van der Waals surface area contributed by atoms with Crippen molar-refractivity contribution < 1.29 is 19.5 Å². The van der Waals surface area contributed by atoms with Gasteiger partial charge in [-0.1, -0.05) is 58.4 Å². The van der Waals surface area contributed by atoms with Crippen molar-refractivity contribution in [2.75, 3.05) is 26.2 Å². The topological polar surface area (TPSA) is 90.0 Å². The fourth-order valence-corrected chi connectivity index (χ4v) is 5.30. The zero-order chi connectivity index (χ0) is 25.3. The highest BCUT2D eigenvalue weighted by atomic mass is 35.5. The van der Waals surface area contributed by atoms with Crippen LogP contribution >= 0.6 is 11.6 Å². The summed E-state index contributed by atoms with van der Waals surface area (Å²) in [5.74, 6) is -0.638. The molecule has 2 fully saturated rings. The van der Waals surface area contributed by atoms with Crippen LogP contribution in [0.5, 0.6) is 0 Å². The highest BCUT2D eigenvalue weighted by Crippen LogP contribution is 2.46. The van der Waals surface area contributed by atoms with Gasteiger partial charge in [-0.3, -0.25) is 14.4 Å². The molecular formula is C26H38ClN3O4. The molecule has 2 aliphatic heterocycles. The second-order valence-electron chi connectivity index (χ2n) is 10.7. The number of rotatable bonds is 6. The van der Waals surface area contributed by atoms with Gasteiger partial charge in [0.15, 0.2) is 0 Å². The Morgan fingerprint density at radius 2 is 1.79 bits per heavy atom. The Kier molecular flexibility index (Phi) is 7.98. The number of aliphatic hydroxyl groups is 1. The summed E-state index contributed by atoms with van der Waals surface area (Å²) in [5.41, 5.74) is -0.910. The monoisotopic (exact) mass is 491 g/mol. The largest absolute Gasteiger partial charge is 0.384 e. The first-order chi connectivity index (χ1) is 15.9. The van der Waals surface area contributed by atoms with Crippen molar-refractivity contribution in [3.8, 4) is 0 Å². The van der Waals surface area contributed by atoms with E-state index in [4.69, 9.17) is 11.6 Å². The van der Waals surface area contributed by atoms with Crippen LogP contribution in [0.3, 0.4) is 0 Å². The molecule has 8 heteroatoms. The SMILES string of the molecule is CCC(=O)N1CC[C@@H](C(=O)N[C@@H](C(=O)N2CC[C@](O)(c3ccc(Cl)cc3)C(C)(C)C2)C(C)C)C1. The summed E-state index contributed by atoms with van der Waals surface area (Å²) in [4.78, 5) is 42.0. The number of likely N-dealkylation sites (tertiary alicyclic amines) is 2. The Bertz CT molecular complexity index is 917. The third-order valence-electron chi connectivity index (χ3n) is 7.53. The van der Waals surface area contributed by atoms with E-state index < -0.39 is 17.1 Å². The van der Waals surface area contributed by atoms with Gasteiger partial charge in [0.1, 0.15) is 6.04 Å². The zero-order valence-electron chi connectivity index (χ0n) is 20.9. The van der Waals surface area contributed by atoms with E-state index in [1.165, 1.54) is 0 Å². The van der Waals surface area contributed by atoms with E-state index in [1.807, 2.05) is 46.8 Å². The quantitative estimate of drug-likeness (QED) is 0.639. The highest BCUT2D eigenvalue weighted by Gasteiger charge is 2.50. The molecule has 2 heterocycles. The van der Waals surface area contributed by atoms with Crippen LogP contribution in [0.4, 0.5) is 0 Å². The number of carbonyl (C=O) groups is 3. The third kappa shape index (κ3) is 5.25. The van der Waals surface area contributed by atoms with Crippen LogP contribution in [0.1, 0.15) is 59.4 Å². The normalized spacial score (nSPS) is 25.4. The molecule has 2 N–H and O–H groups in total. The zero-order valence-corrected chi connectivity index (χ0v) is 21.7. The van der Waals surface area contributed by atoms with E-state index in [9.17, 15) is 19.5 Å². The van der Waals surface area contributed by atoms with Gasteiger partial charge in [-0.15, -0.1) is 0 Å². The Balaban J connectivity index is 1.69. The van der Waals surface area contributed by atoms with Crippen molar-refractivity contribution in [2.45, 2.75) is 65.5 Å². The van der Waals surface area contributed by atoms with Gasteiger partial charge in [0.2, 0.25) is 17.7 Å². The number of carbonyl (C=O) groups excluding carboxylic acids is 3. The average molecular weight is 492 g/mol. The summed E-state index contributed by atoms with van der Waals surface area (Å²) in [7, 11) is 0. The molecule has 0 aromatic heterocycles. The maximum absolute atomic E-state index is 13.5. The summed E-state index contributed by atoms with van der Waals surface area (Å²) in [6.07, 6.45) is 1.43. The molecule has 0 spiro atoms. The smallest absolute Gasteiger partial charge is 0.245 e. The van der Waals surface area contributed by atoms with Gasteiger partial charge in [-0.05, 0) is 36.5 Å². The molecule has 2 saturated heterocycles. The van der Waals surface area contributed by atoms with Crippen LogP contribution < -0.4 is 5.32 Å². The number of hydrogen-bond donors (Lipinski definition) is 2. The lowest BCUT2D eigenvalue weighted by Gasteiger charge is -2.51. The lowest BCUT2D eigenvalue weighted by atomic mass is 9.66. The summed E-state index contributed by atoms with van der Waals surface area (Å²) in [6, 6.07) is 6.57. The van der Waals surface area contributed by atoms with E-state index >= 15 is 0 Å². The molecule has 3 amide bonds. The van der Waals surface area contributed by atoms with Gasteiger partial charge >= 0.3 is 0 Å². The Morgan fingerprint density at radius 1 is 1.15 bits per heavy atom. The fraction of sp³-hybridized carbons (Fsp3) is 0.654. The molecule has 0 bridgehead atoms. The van der Waals surface area contributed by atoms with Gasteiger partial charge in [-0.2, -0.15) is 0 Å². The van der Waals surface area contributed by atoms with Crippen LogP contribution in [0.2, 0.25) is 5.02 Å². The van der Waals surface area contributed by atoms with Gasteiger partial charge in [-0.25, -0.2) is 0 Å². The van der Waals surface area contributed by atoms with Crippen LogP contribution in [0, 0.1) is 17.3 Å². The number of amides is 3. The van der Waals surface area contributed by atoms with E-state index in [0.717, 1.165) is 5.56 Å². The van der Waals surface area contributed by atoms with E-state index in [1.54, 1.807) is 21.9 Å². The lowest BCUT2D eigenvalue weighted by molar-refractivity contribution is -0.157. The third-order valence-corrected chi connectivity index (χ3v) is 7.78. The molecule has 34 heavy (non-hydrogen) atoms. The second-order valence-corrected chi connectivity index (χ2v) is 11.1. The van der Waals surface area contributed by atoms with Gasteiger partial charge in [0, 0.05) is 43.0 Å². The first-order valence-electron chi connectivity index (χ1n) is 12.2. The van der Waals surface area contributed by atoms with Crippen molar-refractivity contribution in [3.63, 3.8) is 0 Å². The Morgan fingerprint density at radius 3 is 2.35 bits per heavy atom. The maximum atomic E-state index is 13.5. The molecule has 7 nitrogen and oxygen atoms in total.